The lowest BCUT2D eigenvalue weighted by Crippen LogP contribution is -2.48. The Morgan fingerprint density at radius 3 is 2.38 bits per heavy atom. The van der Waals surface area contributed by atoms with E-state index in [9.17, 15) is 19.2 Å². The average molecular weight is 304 g/mol. The largest absolute Gasteiger partial charge is 0.444 e. The highest BCUT2D eigenvalue weighted by Gasteiger charge is 2.25. The molecule has 0 spiro atoms. The summed E-state index contributed by atoms with van der Waals surface area (Å²) >= 11 is 0. The molecule has 0 bridgehead atoms. The quantitative estimate of drug-likeness (QED) is 0.442. The Kier molecular flexibility index (Phi) is 7.99. The second kappa shape index (κ2) is 8.90. The van der Waals surface area contributed by atoms with Crippen LogP contribution in [0, 0.1) is 0 Å². The fourth-order valence-electron chi connectivity index (χ4n) is 1.05. The average Bonchev–Trinajstić information content (AvgIpc) is 2.37. The van der Waals surface area contributed by atoms with E-state index in [1.54, 1.807) is 26.3 Å². The van der Waals surface area contributed by atoms with Crippen molar-refractivity contribution in [1.29, 1.82) is 0 Å². The van der Waals surface area contributed by atoms with Crippen LogP contribution in [0.3, 0.4) is 0 Å². The molecule has 0 saturated carbocycles. The molecule has 0 aliphatic rings. The zero-order valence-electron chi connectivity index (χ0n) is 12.2. The van der Waals surface area contributed by atoms with Crippen molar-refractivity contribution in [3.05, 3.63) is 0 Å². The molecule has 0 rings (SSSR count). The first kappa shape index (κ1) is 18.8. The number of alkyl carbamates (subject to hydrolysis) is 1. The van der Waals surface area contributed by atoms with Gasteiger partial charge in [-0.25, -0.2) is 9.59 Å². The highest BCUT2D eigenvalue weighted by molar-refractivity contribution is 5.83. The minimum absolute atomic E-state index is 0.0109. The summed E-state index contributed by atoms with van der Waals surface area (Å²) in [5.74, 6) is -1.74. The fourth-order valence-corrected chi connectivity index (χ4v) is 1.05. The summed E-state index contributed by atoms with van der Waals surface area (Å²) in [4.78, 5) is 48.5. The Morgan fingerprint density at radius 2 is 1.90 bits per heavy atom. The van der Waals surface area contributed by atoms with Gasteiger partial charge >= 0.3 is 12.1 Å². The van der Waals surface area contributed by atoms with E-state index in [2.05, 4.69) is 10.2 Å². The van der Waals surface area contributed by atoms with Crippen molar-refractivity contribution in [2.24, 2.45) is 0 Å². The second-order valence-electron chi connectivity index (χ2n) is 5.03. The van der Waals surface area contributed by atoms with Crippen LogP contribution in [-0.2, 0) is 24.0 Å². The number of amides is 2. The lowest BCUT2D eigenvalue weighted by atomic mass is 10.2. The molecule has 0 fully saturated rings. The van der Waals surface area contributed by atoms with E-state index >= 15 is 0 Å². The van der Waals surface area contributed by atoms with Gasteiger partial charge in [-0.2, -0.15) is 5.48 Å². The molecule has 120 valence electrons. The molecule has 0 aromatic rings. The summed E-state index contributed by atoms with van der Waals surface area (Å²) in [6.45, 7) is 4.16. The van der Waals surface area contributed by atoms with E-state index in [1.165, 1.54) is 0 Å². The Bertz CT molecular complexity index is 390. The smallest absolute Gasteiger partial charge is 0.408 e. The molecular weight excluding hydrogens is 284 g/mol. The number of carbonyl (C=O) groups excluding carboxylic acids is 4. The second-order valence-corrected chi connectivity index (χ2v) is 5.03. The van der Waals surface area contributed by atoms with Gasteiger partial charge in [0.25, 0.3) is 5.91 Å². The normalized spacial score (nSPS) is 12.0. The molecule has 0 aromatic carbocycles. The zero-order valence-corrected chi connectivity index (χ0v) is 12.2. The number of aliphatic hydroxyl groups excluding tert-OH is 1. The predicted octanol–water partition coefficient (Wildman–Crippen LogP) is -0.574. The van der Waals surface area contributed by atoms with Crippen LogP contribution < -0.4 is 10.8 Å². The van der Waals surface area contributed by atoms with Crippen molar-refractivity contribution in [3.63, 3.8) is 0 Å². The Balaban J connectivity index is 4.27. The first-order chi connectivity index (χ1) is 9.69. The van der Waals surface area contributed by atoms with Crippen molar-refractivity contribution < 1.29 is 33.9 Å². The molecule has 9 nitrogen and oxygen atoms in total. The minimum atomic E-state index is -1.38. The van der Waals surface area contributed by atoms with Gasteiger partial charge in [-0.1, -0.05) is 0 Å². The van der Waals surface area contributed by atoms with Gasteiger partial charge in [-0.15, -0.1) is 0 Å². The number of hydrogen-bond acceptors (Lipinski definition) is 7. The SMILES string of the molecule is CC(C)(C)OC(=O)NC(CO)C(=O)ONC(=O)CCC=O. The number of carbonyl (C=O) groups is 4. The Labute approximate surface area is 121 Å². The molecule has 0 heterocycles. The number of aliphatic hydroxyl groups is 1. The molecule has 1 atom stereocenters. The van der Waals surface area contributed by atoms with Gasteiger partial charge in [0, 0.05) is 12.8 Å². The Hall–Kier alpha value is -2.16. The van der Waals surface area contributed by atoms with E-state index in [0.29, 0.717) is 6.29 Å². The van der Waals surface area contributed by atoms with Gasteiger partial charge in [-0.3, -0.25) is 4.79 Å². The summed E-state index contributed by atoms with van der Waals surface area (Å²) in [6.07, 6.45) is -0.517. The van der Waals surface area contributed by atoms with E-state index < -0.39 is 36.2 Å². The molecule has 21 heavy (non-hydrogen) atoms. The van der Waals surface area contributed by atoms with Crippen LogP contribution in [-0.4, -0.2) is 47.6 Å². The number of hydroxylamine groups is 1. The van der Waals surface area contributed by atoms with Gasteiger partial charge in [0.1, 0.15) is 11.9 Å². The maximum Gasteiger partial charge on any atom is 0.408 e. The number of hydrogen-bond donors (Lipinski definition) is 3. The topological polar surface area (TPSA) is 131 Å². The number of rotatable bonds is 6. The summed E-state index contributed by atoms with van der Waals surface area (Å²) in [5, 5.41) is 11.1. The minimum Gasteiger partial charge on any atom is -0.444 e. The first-order valence-corrected chi connectivity index (χ1v) is 6.23. The van der Waals surface area contributed by atoms with E-state index in [0.717, 1.165) is 0 Å². The highest BCUT2D eigenvalue weighted by Crippen LogP contribution is 2.06. The van der Waals surface area contributed by atoms with Gasteiger partial charge in [-0.05, 0) is 20.8 Å². The summed E-state index contributed by atoms with van der Waals surface area (Å²) < 4.78 is 4.90. The van der Waals surface area contributed by atoms with Crippen molar-refractivity contribution in [1.82, 2.24) is 10.8 Å². The molecule has 0 aliphatic heterocycles. The summed E-state index contributed by atoms with van der Waals surface area (Å²) in [5.41, 5.74) is 1.04. The third-order valence-electron chi connectivity index (χ3n) is 1.91. The molecule has 0 aliphatic carbocycles. The monoisotopic (exact) mass is 304 g/mol. The van der Waals surface area contributed by atoms with Crippen molar-refractivity contribution in [3.8, 4) is 0 Å². The number of ether oxygens (including phenoxy) is 1. The molecule has 3 N–H and O–H groups in total. The van der Waals surface area contributed by atoms with Crippen LogP contribution in [0.2, 0.25) is 0 Å². The van der Waals surface area contributed by atoms with Crippen LogP contribution in [0.15, 0.2) is 0 Å². The van der Waals surface area contributed by atoms with Gasteiger partial charge in [0.15, 0.2) is 6.04 Å². The lowest BCUT2D eigenvalue weighted by Gasteiger charge is -2.21. The predicted molar refractivity (Wildman–Crippen MR) is 69.8 cm³/mol. The van der Waals surface area contributed by atoms with Gasteiger partial charge < -0.3 is 24.8 Å². The number of nitrogens with one attached hydrogen (secondary N) is 2. The van der Waals surface area contributed by atoms with Gasteiger partial charge in [0.05, 0.1) is 6.61 Å². The number of aldehydes is 1. The van der Waals surface area contributed by atoms with Crippen molar-refractivity contribution >= 4 is 24.3 Å². The molecule has 2 amide bonds. The maximum atomic E-state index is 11.5. The van der Waals surface area contributed by atoms with E-state index in [1.807, 2.05) is 0 Å². The molecule has 9 heteroatoms. The van der Waals surface area contributed by atoms with Crippen LogP contribution in [0.4, 0.5) is 4.79 Å². The molecule has 0 aromatic heterocycles. The standard InChI is InChI=1S/C12H20N2O7/c1-12(2,3)20-11(19)13-8(7-16)10(18)21-14-9(17)5-4-6-15/h6,8,16H,4-5,7H2,1-3H3,(H,13,19)(H,14,17). The maximum absolute atomic E-state index is 11.5. The van der Waals surface area contributed by atoms with Crippen molar-refractivity contribution in [2.45, 2.75) is 45.3 Å². The third-order valence-corrected chi connectivity index (χ3v) is 1.91. The van der Waals surface area contributed by atoms with E-state index in [-0.39, 0.29) is 12.8 Å². The zero-order chi connectivity index (χ0) is 16.5. The lowest BCUT2D eigenvalue weighted by molar-refractivity contribution is -0.161. The van der Waals surface area contributed by atoms with Crippen LogP contribution in [0.25, 0.3) is 0 Å². The third kappa shape index (κ3) is 9.38. The first-order valence-electron chi connectivity index (χ1n) is 6.23. The van der Waals surface area contributed by atoms with Crippen LogP contribution in [0.5, 0.6) is 0 Å². The van der Waals surface area contributed by atoms with Gasteiger partial charge in [0.2, 0.25) is 0 Å². The summed E-state index contributed by atoms with van der Waals surface area (Å²) in [7, 11) is 0. The fraction of sp³-hybridized carbons (Fsp3) is 0.667. The molecule has 0 saturated heterocycles. The molecule has 1 unspecified atom stereocenters. The highest BCUT2D eigenvalue weighted by atomic mass is 16.7. The van der Waals surface area contributed by atoms with Crippen molar-refractivity contribution in [2.75, 3.05) is 6.61 Å². The molecular formula is C12H20N2O7. The molecule has 0 radical (unpaired) electrons. The Morgan fingerprint density at radius 1 is 1.29 bits per heavy atom. The van der Waals surface area contributed by atoms with Crippen LogP contribution >= 0.6 is 0 Å². The summed E-state index contributed by atoms with van der Waals surface area (Å²) in [6, 6.07) is -1.38. The van der Waals surface area contributed by atoms with Crippen LogP contribution in [0.1, 0.15) is 33.6 Å². The van der Waals surface area contributed by atoms with E-state index in [4.69, 9.17) is 9.84 Å².